The van der Waals surface area contributed by atoms with E-state index in [0.717, 1.165) is 22.3 Å². The Hall–Kier alpha value is -3.57. The predicted molar refractivity (Wildman–Crippen MR) is 116 cm³/mol. The summed E-state index contributed by atoms with van der Waals surface area (Å²) in [5.74, 6) is 1.46. The maximum atomic E-state index is 9.77. The molecule has 0 amide bonds. The number of anilines is 2. The molecule has 2 bridgehead atoms. The minimum atomic E-state index is -0.221. The molecular formula is C22H25N7O. The number of aryl methyl sites for hydroxylation is 2. The van der Waals surface area contributed by atoms with Crippen molar-refractivity contribution in [3.63, 3.8) is 0 Å². The van der Waals surface area contributed by atoms with E-state index in [2.05, 4.69) is 46.3 Å². The molecule has 0 aliphatic carbocycles. The molecule has 8 heteroatoms. The monoisotopic (exact) mass is 403 g/mol. The summed E-state index contributed by atoms with van der Waals surface area (Å²) in [4.78, 5) is 4.34. The summed E-state index contributed by atoms with van der Waals surface area (Å²) >= 11 is 0. The molecule has 3 heterocycles. The van der Waals surface area contributed by atoms with E-state index >= 15 is 0 Å². The van der Waals surface area contributed by atoms with Crippen molar-refractivity contribution < 1.29 is 4.74 Å². The zero-order valence-corrected chi connectivity index (χ0v) is 17.8. The number of benzene rings is 1. The van der Waals surface area contributed by atoms with Gasteiger partial charge >= 0.3 is 0 Å². The van der Waals surface area contributed by atoms with Gasteiger partial charge in [-0.15, -0.1) is 0 Å². The highest BCUT2D eigenvalue weighted by Gasteiger charge is 2.26. The van der Waals surface area contributed by atoms with Crippen molar-refractivity contribution in [3.05, 3.63) is 52.8 Å². The largest absolute Gasteiger partial charge is 0.482 e. The van der Waals surface area contributed by atoms with E-state index in [0.29, 0.717) is 35.2 Å². The van der Waals surface area contributed by atoms with Crippen LogP contribution in [0.4, 0.5) is 11.6 Å². The highest BCUT2D eigenvalue weighted by Crippen LogP contribution is 2.38. The molecule has 154 valence electrons. The van der Waals surface area contributed by atoms with Gasteiger partial charge in [-0.05, 0) is 31.0 Å². The number of nitrogens with two attached hydrogens (primary N) is 1. The van der Waals surface area contributed by atoms with E-state index in [1.165, 1.54) is 0 Å². The van der Waals surface area contributed by atoms with E-state index in [-0.39, 0.29) is 6.10 Å². The summed E-state index contributed by atoms with van der Waals surface area (Å²) in [6.45, 7) is 4.73. The molecule has 0 spiro atoms. The van der Waals surface area contributed by atoms with Crippen molar-refractivity contribution >= 4 is 11.6 Å². The van der Waals surface area contributed by atoms with Gasteiger partial charge in [0.15, 0.2) is 17.4 Å². The average Bonchev–Trinajstić information content (AvgIpc) is 3.05. The first-order valence-electron chi connectivity index (χ1n) is 9.74. The normalized spacial score (nSPS) is 16.5. The Bertz CT molecular complexity index is 1160. The van der Waals surface area contributed by atoms with Gasteiger partial charge in [-0.1, -0.05) is 23.8 Å². The van der Waals surface area contributed by atoms with Crippen LogP contribution >= 0.6 is 0 Å². The van der Waals surface area contributed by atoms with E-state index in [4.69, 9.17) is 10.5 Å². The van der Waals surface area contributed by atoms with Gasteiger partial charge in [0.1, 0.15) is 17.9 Å². The number of hydrazine groups is 1. The molecule has 30 heavy (non-hydrogen) atoms. The molecule has 0 fully saturated rings. The maximum Gasteiger partial charge on any atom is 0.174 e. The van der Waals surface area contributed by atoms with Crippen LogP contribution in [0.15, 0.2) is 30.5 Å². The highest BCUT2D eigenvalue weighted by atomic mass is 16.5. The number of hydrogen-bond donors (Lipinski definition) is 1. The summed E-state index contributed by atoms with van der Waals surface area (Å²) in [7, 11) is 5.70. The first kappa shape index (κ1) is 19.7. The number of nitrogen functional groups attached to an aromatic ring is 1. The number of hydrogen-bond acceptors (Lipinski definition) is 7. The van der Waals surface area contributed by atoms with Crippen LogP contribution in [0.1, 0.15) is 35.4 Å². The molecular weight excluding hydrogens is 378 g/mol. The lowest BCUT2D eigenvalue weighted by Crippen LogP contribution is -2.37. The highest BCUT2D eigenvalue weighted by molar-refractivity contribution is 5.81. The van der Waals surface area contributed by atoms with Crippen molar-refractivity contribution in [1.29, 1.82) is 5.26 Å². The summed E-state index contributed by atoms with van der Waals surface area (Å²) in [5.41, 5.74) is 11.4. The van der Waals surface area contributed by atoms with Crippen molar-refractivity contribution in [2.24, 2.45) is 7.05 Å². The Labute approximate surface area is 176 Å². The third kappa shape index (κ3) is 3.23. The first-order chi connectivity index (χ1) is 14.3. The quantitative estimate of drug-likeness (QED) is 0.616. The lowest BCUT2D eigenvalue weighted by Gasteiger charge is -2.31. The second-order valence-corrected chi connectivity index (χ2v) is 7.69. The summed E-state index contributed by atoms with van der Waals surface area (Å²) in [5, 5.41) is 18.4. The second-order valence-electron chi connectivity index (χ2n) is 7.69. The summed E-state index contributed by atoms with van der Waals surface area (Å²) in [6.07, 6.45) is 1.44. The molecule has 2 N–H and O–H groups in total. The van der Waals surface area contributed by atoms with Crippen molar-refractivity contribution in [3.8, 4) is 22.9 Å². The van der Waals surface area contributed by atoms with Crippen molar-refractivity contribution in [1.82, 2.24) is 19.8 Å². The summed E-state index contributed by atoms with van der Waals surface area (Å²) in [6, 6.07) is 10.5. The molecule has 0 unspecified atom stereocenters. The smallest absolute Gasteiger partial charge is 0.174 e. The number of rotatable bonds is 0. The standard InChI is InChI=1S/C22H25N7O/c1-13-6-7-15-12-27(3)29(5)22-20(18(10-23)28(4)26-22)16-9-19(21(24)25-11-16)30-14(2)17(15)8-13/h6-9,11,14H,12H2,1-5H3,(H2,24,25)/t14-/m1/s1. The fourth-order valence-corrected chi connectivity index (χ4v) is 3.82. The van der Waals surface area contributed by atoms with Gasteiger partial charge in [0.25, 0.3) is 0 Å². The minimum absolute atomic E-state index is 0.221. The third-order valence-electron chi connectivity index (χ3n) is 5.57. The zero-order chi connectivity index (χ0) is 21.6. The fraction of sp³-hybridized carbons (Fsp3) is 0.318. The Morgan fingerprint density at radius 2 is 2.00 bits per heavy atom. The van der Waals surface area contributed by atoms with Crippen LogP contribution in [0.3, 0.4) is 0 Å². The van der Waals surface area contributed by atoms with Crippen LogP contribution in [0.25, 0.3) is 11.1 Å². The average molecular weight is 403 g/mol. The SMILES string of the molecule is Cc1ccc2c(c1)[C@@H](C)Oc1cc(cnc1N)-c1c(nn(C)c1C#N)N(C)N(C)C2. The van der Waals surface area contributed by atoms with Crippen molar-refractivity contribution in [2.45, 2.75) is 26.5 Å². The van der Waals surface area contributed by atoms with Crippen LogP contribution in [0.2, 0.25) is 0 Å². The fourth-order valence-electron chi connectivity index (χ4n) is 3.82. The summed E-state index contributed by atoms with van der Waals surface area (Å²) < 4.78 is 7.86. The van der Waals surface area contributed by atoms with Gasteiger partial charge < -0.3 is 10.5 Å². The number of nitriles is 1. The van der Waals surface area contributed by atoms with Crippen LogP contribution in [-0.2, 0) is 13.6 Å². The molecule has 8 nitrogen and oxygen atoms in total. The number of fused-ring (bicyclic) bond motifs is 5. The number of pyridine rings is 1. The molecule has 0 saturated carbocycles. The van der Waals surface area contributed by atoms with Gasteiger partial charge in [-0.25, -0.2) is 9.99 Å². The third-order valence-corrected chi connectivity index (χ3v) is 5.57. The van der Waals surface area contributed by atoms with E-state index in [9.17, 15) is 5.26 Å². The Kier molecular flexibility index (Phi) is 4.84. The Morgan fingerprint density at radius 3 is 2.73 bits per heavy atom. The van der Waals surface area contributed by atoms with E-state index in [1.54, 1.807) is 17.9 Å². The topological polar surface area (TPSA) is 96.2 Å². The molecule has 0 saturated heterocycles. The maximum absolute atomic E-state index is 9.77. The zero-order valence-electron chi connectivity index (χ0n) is 17.8. The van der Waals surface area contributed by atoms with Crippen LogP contribution in [-0.4, -0.2) is 33.9 Å². The lowest BCUT2D eigenvalue weighted by atomic mass is 10.00. The van der Waals surface area contributed by atoms with Gasteiger partial charge in [-0.3, -0.25) is 9.69 Å². The molecule has 1 atom stereocenters. The van der Waals surface area contributed by atoms with E-state index in [1.807, 2.05) is 32.1 Å². The molecule has 2 aromatic heterocycles. The minimum Gasteiger partial charge on any atom is -0.482 e. The van der Waals surface area contributed by atoms with Gasteiger partial charge in [0.05, 0.1) is 5.56 Å². The molecule has 1 aliphatic rings. The van der Waals surface area contributed by atoms with E-state index < -0.39 is 0 Å². The molecule has 4 rings (SSSR count). The molecule has 1 aromatic carbocycles. The molecule has 1 aliphatic heterocycles. The van der Waals surface area contributed by atoms with Crippen molar-refractivity contribution in [2.75, 3.05) is 24.8 Å². The van der Waals surface area contributed by atoms with Gasteiger partial charge in [-0.2, -0.15) is 10.4 Å². The second kappa shape index (κ2) is 7.35. The Balaban J connectivity index is 1.98. The van der Waals surface area contributed by atoms with Gasteiger partial charge in [0.2, 0.25) is 0 Å². The number of ether oxygens (including phenoxy) is 1. The predicted octanol–water partition coefficient (Wildman–Crippen LogP) is 3.18. The first-order valence-corrected chi connectivity index (χ1v) is 9.74. The lowest BCUT2D eigenvalue weighted by molar-refractivity contribution is 0.223. The molecule has 3 aromatic rings. The molecule has 0 radical (unpaired) electrons. The van der Waals surface area contributed by atoms with Crippen LogP contribution in [0.5, 0.6) is 5.75 Å². The van der Waals surface area contributed by atoms with Crippen LogP contribution in [0, 0.1) is 18.3 Å². The van der Waals surface area contributed by atoms with Gasteiger partial charge in [0, 0.05) is 39.4 Å². The Morgan fingerprint density at radius 1 is 1.23 bits per heavy atom. The number of aromatic nitrogens is 3. The number of nitrogens with zero attached hydrogens (tertiary/aromatic N) is 6. The van der Waals surface area contributed by atoms with Crippen LogP contribution < -0.4 is 15.5 Å².